The molecule has 1 fully saturated rings. The standard InChI is InChI=1S/C21H26ClN3O3/c1-26-19-9-8-16(20(27-2)21(19)28-3)14-23-25-12-10-24(11-13-25)15-17-6-4-5-7-18(17)22/h4-9,14H,10-13,15H2,1-3H3/b23-14+. The van der Waals surface area contributed by atoms with Crippen molar-refractivity contribution in [2.45, 2.75) is 6.54 Å². The highest BCUT2D eigenvalue weighted by Gasteiger charge is 2.18. The number of ether oxygens (including phenoxy) is 3. The van der Waals surface area contributed by atoms with Crippen molar-refractivity contribution in [2.24, 2.45) is 5.10 Å². The molecule has 7 heteroatoms. The molecule has 0 amide bonds. The molecule has 1 aliphatic rings. The number of piperazine rings is 1. The second-order valence-corrected chi connectivity index (χ2v) is 6.90. The van der Waals surface area contributed by atoms with Crippen LogP contribution in [-0.2, 0) is 6.54 Å². The van der Waals surface area contributed by atoms with E-state index in [1.165, 1.54) is 0 Å². The molecule has 0 aromatic heterocycles. The first-order valence-corrected chi connectivity index (χ1v) is 9.57. The van der Waals surface area contributed by atoms with Crippen LogP contribution in [0.3, 0.4) is 0 Å². The Morgan fingerprint density at radius 1 is 0.929 bits per heavy atom. The number of hydrogen-bond acceptors (Lipinski definition) is 6. The highest BCUT2D eigenvalue weighted by molar-refractivity contribution is 6.31. The van der Waals surface area contributed by atoms with Gasteiger partial charge in [0.1, 0.15) is 0 Å². The highest BCUT2D eigenvalue weighted by atomic mass is 35.5. The van der Waals surface area contributed by atoms with E-state index in [1.54, 1.807) is 21.3 Å². The van der Waals surface area contributed by atoms with Crippen LogP contribution in [0.5, 0.6) is 17.2 Å². The number of methoxy groups -OCH3 is 3. The molecular formula is C21H26ClN3O3. The Hall–Kier alpha value is -2.44. The summed E-state index contributed by atoms with van der Waals surface area (Å²) in [4.78, 5) is 2.39. The van der Waals surface area contributed by atoms with Crippen molar-refractivity contribution in [3.63, 3.8) is 0 Å². The number of benzene rings is 2. The van der Waals surface area contributed by atoms with Crippen molar-refractivity contribution in [3.05, 3.63) is 52.5 Å². The topological polar surface area (TPSA) is 46.5 Å². The van der Waals surface area contributed by atoms with E-state index in [9.17, 15) is 0 Å². The van der Waals surface area contributed by atoms with Crippen molar-refractivity contribution >= 4 is 17.8 Å². The molecule has 1 aliphatic heterocycles. The van der Waals surface area contributed by atoms with Gasteiger partial charge in [0.15, 0.2) is 11.5 Å². The van der Waals surface area contributed by atoms with Crippen molar-refractivity contribution in [2.75, 3.05) is 47.5 Å². The van der Waals surface area contributed by atoms with Crippen LogP contribution in [0.4, 0.5) is 0 Å². The van der Waals surface area contributed by atoms with E-state index >= 15 is 0 Å². The third kappa shape index (κ3) is 4.69. The predicted octanol–water partition coefficient (Wildman–Crippen LogP) is 3.52. The fourth-order valence-corrected chi connectivity index (χ4v) is 3.44. The van der Waals surface area contributed by atoms with Crippen LogP contribution < -0.4 is 14.2 Å². The van der Waals surface area contributed by atoms with Gasteiger partial charge in [-0.25, -0.2) is 0 Å². The molecule has 0 aliphatic carbocycles. The summed E-state index contributed by atoms with van der Waals surface area (Å²) < 4.78 is 16.3. The maximum absolute atomic E-state index is 6.27. The molecule has 3 rings (SSSR count). The SMILES string of the molecule is COc1ccc(/C=N/N2CCN(Cc3ccccc3Cl)CC2)c(OC)c1OC. The van der Waals surface area contributed by atoms with Gasteiger partial charge in [0.2, 0.25) is 5.75 Å². The second-order valence-electron chi connectivity index (χ2n) is 6.49. The van der Waals surface area contributed by atoms with E-state index in [0.717, 1.165) is 48.9 Å². The summed E-state index contributed by atoms with van der Waals surface area (Å²) in [5, 5.41) is 7.52. The van der Waals surface area contributed by atoms with E-state index in [4.69, 9.17) is 25.8 Å². The van der Waals surface area contributed by atoms with E-state index in [-0.39, 0.29) is 0 Å². The number of nitrogens with zero attached hydrogens (tertiary/aromatic N) is 3. The van der Waals surface area contributed by atoms with Crippen molar-refractivity contribution in [3.8, 4) is 17.2 Å². The average molecular weight is 404 g/mol. The molecule has 0 saturated carbocycles. The Morgan fingerprint density at radius 3 is 2.29 bits per heavy atom. The van der Waals surface area contributed by atoms with Crippen LogP contribution in [0.1, 0.15) is 11.1 Å². The maximum Gasteiger partial charge on any atom is 0.203 e. The molecular weight excluding hydrogens is 378 g/mol. The van der Waals surface area contributed by atoms with E-state index in [1.807, 2.05) is 36.5 Å². The Morgan fingerprint density at radius 2 is 1.64 bits per heavy atom. The molecule has 0 radical (unpaired) electrons. The lowest BCUT2D eigenvalue weighted by Crippen LogP contribution is -2.43. The van der Waals surface area contributed by atoms with Crippen LogP contribution >= 0.6 is 11.6 Å². The summed E-state index contributed by atoms with van der Waals surface area (Å²) in [5.41, 5.74) is 2.01. The third-order valence-electron chi connectivity index (χ3n) is 4.80. The Labute approximate surface area is 171 Å². The number of rotatable bonds is 7. The molecule has 0 bridgehead atoms. The van der Waals surface area contributed by atoms with Gasteiger partial charge in [-0.05, 0) is 23.8 Å². The number of hydrogen-bond donors (Lipinski definition) is 0. The van der Waals surface area contributed by atoms with Crippen molar-refractivity contribution in [1.29, 1.82) is 0 Å². The van der Waals surface area contributed by atoms with Gasteiger partial charge in [-0.15, -0.1) is 0 Å². The first-order chi connectivity index (χ1) is 13.7. The quantitative estimate of drug-likeness (QED) is 0.662. The third-order valence-corrected chi connectivity index (χ3v) is 5.16. The molecule has 150 valence electrons. The lowest BCUT2D eigenvalue weighted by atomic mass is 10.2. The molecule has 1 heterocycles. The summed E-state index contributed by atoms with van der Waals surface area (Å²) >= 11 is 6.27. The fourth-order valence-electron chi connectivity index (χ4n) is 3.25. The lowest BCUT2D eigenvalue weighted by molar-refractivity contribution is 0.131. The predicted molar refractivity (Wildman–Crippen MR) is 112 cm³/mol. The molecule has 2 aromatic carbocycles. The van der Waals surface area contributed by atoms with Crippen LogP contribution in [0.25, 0.3) is 0 Å². The molecule has 28 heavy (non-hydrogen) atoms. The maximum atomic E-state index is 6.27. The number of halogens is 1. The fraction of sp³-hybridized carbons (Fsp3) is 0.381. The Balaban J connectivity index is 1.62. The van der Waals surface area contributed by atoms with E-state index < -0.39 is 0 Å². The van der Waals surface area contributed by atoms with Crippen molar-refractivity contribution < 1.29 is 14.2 Å². The summed E-state index contributed by atoms with van der Waals surface area (Å²) in [6.45, 7) is 4.45. The largest absolute Gasteiger partial charge is 0.493 e. The van der Waals surface area contributed by atoms with E-state index in [0.29, 0.717) is 17.2 Å². The van der Waals surface area contributed by atoms with Crippen LogP contribution in [0.15, 0.2) is 41.5 Å². The monoisotopic (exact) mass is 403 g/mol. The summed E-state index contributed by atoms with van der Waals surface area (Å²) in [6, 6.07) is 11.8. The minimum atomic E-state index is 0.568. The van der Waals surface area contributed by atoms with Crippen molar-refractivity contribution in [1.82, 2.24) is 9.91 Å². The zero-order valence-electron chi connectivity index (χ0n) is 16.5. The van der Waals surface area contributed by atoms with Gasteiger partial charge >= 0.3 is 0 Å². The molecule has 2 aromatic rings. The van der Waals surface area contributed by atoms with Gasteiger partial charge in [-0.2, -0.15) is 5.10 Å². The first kappa shape index (κ1) is 20.3. The van der Waals surface area contributed by atoms with Gasteiger partial charge in [0.25, 0.3) is 0 Å². The van der Waals surface area contributed by atoms with Crippen LogP contribution in [0, 0.1) is 0 Å². The first-order valence-electron chi connectivity index (χ1n) is 9.20. The van der Waals surface area contributed by atoms with Gasteiger partial charge < -0.3 is 14.2 Å². The van der Waals surface area contributed by atoms with E-state index in [2.05, 4.69) is 21.1 Å². The lowest BCUT2D eigenvalue weighted by Gasteiger charge is -2.33. The second kappa shape index (κ2) is 9.66. The summed E-state index contributed by atoms with van der Waals surface area (Å²) in [5.74, 6) is 1.81. The Bertz CT molecular complexity index is 821. The molecule has 0 N–H and O–H groups in total. The average Bonchev–Trinajstić information content (AvgIpc) is 2.74. The summed E-state index contributed by atoms with van der Waals surface area (Å²) in [7, 11) is 4.81. The molecule has 1 saturated heterocycles. The molecule has 0 unspecified atom stereocenters. The zero-order valence-corrected chi connectivity index (χ0v) is 17.3. The van der Waals surface area contributed by atoms with Gasteiger partial charge in [-0.3, -0.25) is 9.91 Å². The minimum absolute atomic E-state index is 0.568. The minimum Gasteiger partial charge on any atom is -0.493 e. The smallest absolute Gasteiger partial charge is 0.203 e. The molecule has 0 spiro atoms. The van der Waals surface area contributed by atoms with Crippen LogP contribution in [0.2, 0.25) is 5.02 Å². The van der Waals surface area contributed by atoms with Gasteiger partial charge in [-0.1, -0.05) is 29.8 Å². The van der Waals surface area contributed by atoms with Gasteiger partial charge in [0, 0.05) is 43.3 Å². The summed E-state index contributed by atoms with van der Waals surface area (Å²) in [6.07, 6.45) is 1.81. The van der Waals surface area contributed by atoms with Gasteiger partial charge in [0.05, 0.1) is 27.5 Å². The molecule has 6 nitrogen and oxygen atoms in total. The molecule has 0 atom stereocenters. The highest BCUT2D eigenvalue weighted by Crippen LogP contribution is 2.39. The zero-order chi connectivity index (χ0) is 19.9. The normalized spacial score (nSPS) is 15.1. The Kier molecular flexibility index (Phi) is 7.01. The number of hydrazone groups is 1. The van der Waals surface area contributed by atoms with Crippen LogP contribution in [-0.4, -0.2) is 63.6 Å².